The first kappa shape index (κ1) is 31.2. The lowest BCUT2D eigenvalue weighted by molar-refractivity contribution is -0.189. The zero-order valence-corrected chi connectivity index (χ0v) is 24.4. The number of Topliss-reactive ketones (excluding diaryl/α,β-unsaturated/α-hetero) is 1. The molecule has 2 saturated heterocycles. The molecule has 41 heavy (non-hydrogen) atoms. The van der Waals surface area contributed by atoms with E-state index in [0.29, 0.717) is 23.1 Å². The van der Waals surface area contributed by atoms with Crippen LogP contribution in [0.1, 0.15) is 65.1 Å². The Morgan fingerprint density at radius 2 is 1.80 bits per heavy atom. The molecule has 1 amide bonds. The number of carbonyl (C=O) groups excluding carboxylic acids is 2. The third kappa shape index (κ3) is 6.36. The van der Waals surface area contributed by atoms with Crippen LogP contribution in [0, 0.1) is 31.0 Å². The number of likely N-dealkylation sites (tertiary alicyclic amines) is 1. The number of alkyl halides is 3. The molecule has 9 heteroatoms. The SMILES string of the molecule is Cc1ccccc1C(=O)[C@H]1CNC[C@@](CCCCN(C)C)(C(=O)N2CCC[C@H]2C(F)(F)F)[C@H]1c1cccc(F)c1C. The summed E-state index contributed by atoms with van der Waals surface area (Å²) >= 11 is 0. The minimum atomic E-state index is -4.55. The molecular formula is C32H41F4N3O2. The van der Waals surface area contributed by atoms with Gasteiger partial charge in [-0.15, -0.1) is 0 Å². The van der Waals surface area contributed by atoms with Crippen molar-refractivity contribution in [2.75, 3.05) is 40.3 Å². The number of benzene rings is 2. The van der Waals surface area contributed by atoms with Crippen LogP contribution >= 0.6 is 0 Å². The third-order valence-electron chi connectivity index (χ3n) is 8.99. The molecule has 0 unspecified atom stereocenters. The minimum Gasteiger partial charge on any atom is -0.330 e. The summed E-state index contributed by atoms with van der Waals surface area (Å²) in [5.41, 5.74) is 0.754. The minimum absolute atomic E-state index is 0.00766. The predicted molar refractivity (Wildman–Crippen MR) is 151 cm³/mol. The summed E-state index contributed by atoms with van der Waals surface area (Å²) in [4.78, 5) is 31.9. The summed E-state index contributed by atoms with van der Waals surface area (Å²) in [6.07, 6.45) is -2.85. The largest absolute Gasteiger partial charge is 0.408 e. The molecule has 2 aliphatic heterocycles. The van der Waals surface area contributed by atoms with Crippen molar-refractivity contribution in [2.24, 2.45) is 11.3 Å². The summed E-state index contributed by atoms with van der Waals surface area (Å²) in [6, 6.07) is 9.95. The molecule has 2 aromatic rings. The molecule has 5 nitrogen and oxygen atoms in total. The normalized spacial score (nSPS) is 25.1. The van der Waals surface area contributed by atoms with Crippen LogP contribution in [0.25, 0.3) is 0 Å². The fourth-order valence-corrected chi connectivity index (χ4v) is 6.90. The molecule has 1 N–H and O–H groups in total. The van der Waals surface area contributed by atoms with Gasteiger partial charge in [-0.2, -0.15) is 13.2 Å². The van der Waals surface area contributed by atoms with Gasteiger partial charge in [-0.05, 0) is 82.9 Å². The van der Waals surface area contributed by atoms with Gasteiger partial charge in [0, 0.05) is 37.0 Å². The fourth-order valence-electron chi connectivity index (χ4n) is 6.90. The number of halogens is 4. The van der Waals surface area contributed by atoms with Crippen molar-refractivity contribution < 1.29 is 27.2 Å². The van der Waals surface area contributed by atoms with E-state index in [4.69, 9.17) is 0 Å². The topological polar surface area (TPSA) is 52.7 Å². The zero-order chi connectivity index (χ0) is 29.9. The highest BCUT2D eigenvalue weighted by atomic mass is 19.4. The Labute approximate surface area is 240 Å². The second-order valence-corrected chi connectivity index (χ2v) is 12.0. The smallest absolute Gasteiger partial charge is 0.330 e. The number of amides is 1. The van der Waals surface area contributed by atoms with Crippen molar-refractivity contribution in [3.8, 4) is 0 Å². The van der Waals surface area contributed by atoms with Crippen molar-refractivity contribution in [1.82, 2.24) is 15.1 Å². The van der Waals surface area contributed by atoms with E-state index >= 15 is 4.39 Å². The van der Waals surface area contributed by atoms with E-state index in [1.54, 1.807) is 31.2 Å². The summed E-state index contributed by atoms with van der Waals surface area (Å²) in [7, 11) is 3.88. The van der Waals surface area contributed by atoms with E-state index in [-0.39, 0.29) is 44.7 Å². The maximum Gasteiger partial charge on any atom is 0.408 e. The van der Waals surface area contributed by atoms with Crippen LogP contribution in [0.3, 0.4) is 0 Å². The number of nitrogens with one attached hydrogen (secondary N) is 1. The number of unbranched alkanes of at least 4 members (excludes halogenated alkanes) is 1. The molecule has 2 aromatic carbocycles. The van der Waals surface area contributed by atoms with Gasteiger partial charge in [0.25, 0.3) is 0 Å². The molecule has 0 spiro atoms. The Bertz CT molecular complexity index is 1250. The van der Waals surface area contributed by atoms with Crippen molar-refractivity contribution in [3.63, 3.8) is 0 Å². The number of rotatable bonds is 9. The van der Waals surface area contributed by atoms with E-state index in [1.807, 2.05) is 38.1 Å². The summed E-state index contributed by atoms with van der Waals surface area (Å²) in [5, 5.41) is 3.28. The van der Waals surface area contributed by atoms with Crippen LogP contribution < -0.4 is 5.32 Å². The highest BCUT2D eigenvalue weighted by Gasteiger charge is 2.58. The van der Waals surface area contributed by atoms with Gasteiger partial charge in [-0.1, -0.05) is 42.8 Å². The van der Waals surface area contributed by atoms with Crippen molar-refractivity contribution in [2.45, 2.75) is 64.1 Å². The van der Waals surface area contributed by atoms with E-state index in [2.05, 4.69) is 5.32 Å². The van der Waals surface area contributed by atoms with E-state index in [9.17, 15) is 22.8 Å². The van der Waals surface area contributed by atoms with Crippen molar-refractivity contribution in [1.29, 1.82) is 0 Å². The van der Waals surface area contributed by atoms with Gasteiger partial charge in [-0.25, -0.2) is 4.39 Å². The molecule has 0 bridgehead atoms. The van der Waals surface area contributed by atoms with Crippen LogP contribution in [0.5, 0.6) is 0 Å². The maximum absolute atomic E-state index is 15.1. The Morgan fingerprint density at radius 1 is 1.07 bits per heavy atom. The van der Waals surface area contributed by atoms with Crippen LogP contribution in [0.2, 0.25) is 0 Å². The first-order valence-corrected chi connectivity index (χ1v) is 14.5. The maximum atomic E-state index is 15.1. The van der Waals surface area contributed by atoms with Crippen molar-refractivity contribution >= 4 is 11.7 Å². The van der Waals surface area contributed by atoms with Crippen LogP contribution in [-0.2, 0) is 4.79 Å². The van der Waals surface area contributed by atoms with Gasteiger partial charge < -0.3 is 15.1 Å². The molecule has 4 rings (SSSR count). The quantitative estimate of drug-likeness (QED) is 0.230. The fraction of sp³-hybridized carbons (Fsp3) is 0.562. The van der Waals surface area contributed by atoms with E-state index in [0.717, 1.165) is 23.4 Å². The lowest BCUT2D eigenvalue weighted by atomic mass is 9.59. The number of piperidine rings is 1. The van der Waals surface area contributed by atoms with Gasteiger partial charge in [0.05, 0.1) is 5.41 Å². The number of ketones is 1. The second kappa shape index (κ2) is 12.6. The van der Waals surface area contributed by atoms with Gasteiger partial charge in [0.15, 0.2) is 5.78 Å². The Hall–Kier alpha value is -2.78. The average molecular weight is 576 g/mol. The molecule has 0 aliphatic carbocycles. The number of carbonyl (C=O) groups is 2. The van der Waals surface area contributed by atoms with Gasteiger partial charge in [-0.3, -0.25) is 9.59 Å². The predicted octanol–water partition coefficient (Wildman–Crippen LogP) is 5.90. The molecule has 0 radical (unpaired) electrons. The lowest BCUT2D eigenvalue weighted by Crippen LogP contribution is -2.61. The summed E-state index contributed by atoms with van der Waals surface area (Å²) in [6.45, 7) is 4.58. The molecule has 224 valence electrons. The standard InChI is InChI=1S/C32H41F4N3O2/c1-21-11-5-6-12-23(21)29(40)25-19-37-20-31(16-7-8-17-38(3)4,28(25)24-13-9-14-26(33)22(24)2)30(41)39-18-10-15-27(39)32(34,35)36/h5-6,9,11-14,25,27-28,37H,7-8,10,15-20H2,1-4H3/t25-,27-,28-,31+/m0/s1. The zero-order valence-electron chi connectivity index (χ0n) is 24.4. The van der Waals surface area contributed by atoms with Crippen molar-refractivity contribution in [3.05, 3.63) is 70.5 Å². The molecule has 2 aliphatic rings. The second-order valence-electron chi connectivity index (χ2n) is 12.0. The number of hydrogen-bond donors (Lipinski definition) is 1. The van der Waals surface area contributed by atoms with Gasteiger partial charge in [0.1, 0.15) is 11.9 Å². The molecule has 0 aromatic heterocycles. The Balaban J connectivity index is 1.89. The summed E-state index contributed by atoms with van der Waals surface area (Å²) < 4.78 is 57.5. The Morgan fingerprint density at radius 3 is 2.49 bits per heavy atom. The Kier molecular flexibility index (Phi) is 9.59. The van der Waals surface area contributed by atoms with Crippen LogP contribution in [-0.4, -0.2) is 74.0 Å². The van der Waals surface area contributed by atoms with Gasteiger partial charge in [0.2, 0.25) is 5.91 Å². The first-order valence-electron chi connectivity index (χ1n) is 14.5. The average Bonchev–Trinajstić information content (AvgIpc) is 3.43. The lowest BCUT2D eigenvalue weighted by Gasteiger charge is -2.50. The van der Waals surface area contributed by atoms with Crippen LogP contribution in [0.4, 0.5) is 17.6 Å². The number of nitrogens with zero attached hydrogens (tertiary/aromatic N) is 2. The highest BCUT2D eigenvalue weighted by Crippen LogP contribution is 2.51. The molecule has 2 fully saturated rings. The van der Waals surface area contributed by atoms with Gasteiger partial charge >= 0.3 is 6.18 Å². The first-order chi connectivity index (χ1) is 19.4. The highest BCUT2D eigenvalue weighted by molar-refractivity contribution is 6.01. The molecular weight excluding hydrogens is 534 g/mol. The number of aryl methyl sites for hydroxylation is 1. The van der Waals surface area contributed by atoms with E-state index in [1.165, 1.54) is 6.07 Å². The van der Waals surface area contributed by atoms with E-state index < -0.39 is 41.2 Å². The molecule has 2 heterocycles. The third-order valence-corrected chi connectivity index (χ3v) is 8.99. The van der Waals surface area contributed by atoms with Crippen LogP contribution in [0.15, 0.2) is 42.5 Å². The molecule has 4 atom stereocenters. The number of hydrogen-bond acceptors (Lipinski definition) is 4. The summed E-state index contributed by atoms with van der Waals surface area (Å²) in [5.74, 6) is -2.82. The monoisotopic (exact) mass is 575 g/mol. The molecule has 0 saturated carbocycles.